The lowest BCUT2D eigenvalue weighted by Gasteiger charge is -2.20. The molecule has 0 aliphatic heterocycles. The van der Waals surface area contributed by atoms with E-state index < -0.39 is 5.97 Å². The van der Waals surface area contributed by atoms with Crippen molar-refractivity contribution in [3.05, 3.63) is 24.3 Å². The Morgan fingerprint density at radius 3 is 2.64 bits per heavy atom. The summed E-state index contributed by atoms with van der Waals surface area (Å²) in [5.74, 6) is -0.0970. The first-order valence-corrected chi connectivity index (χ1v) is 7.18. The molecular weight excluding hydrogens is 284 g/mol. The summed E-state index contributed by atoms with van der Waals surface area (Å²) in [5, 5.41) is 8.91. The Bertz CT molecular complexity index is 551. The zero-order chi connectivity index (χ0) is 16.4. The van der Waals surface area contributed by atoms with Crippen LogP contribution in [0.2, 0.25) is 0 Å². The van der Waals surface area contributed by atoms with Crippen LogP contribution in [-0.4, -0.2) is 31.6 Å². The first-order chi connectivity index (χ1) is 10.6. The van der Waals surface area contributed by atoms with Crippen LogP contribution in [0.1, 0.15) is 26.7 Å². The number of ether oxygens (including phenoxy) is 2. The Labute approximate surface area is 130 Å². The number of esters is 1. The fraction of sp³-hybridized carbons (Fsp3) is 0.438. The lowest BCUT2D eigenvalue weighted by Crippen LogP contribution is -2.31. The van der Waals surface area contributed by atoms with Gasteiger partial charge in [-0.2, -0.15) is 5.26 Å². The number of anilines is 1. The van der Waals surface area contributed by atoms with Crippen LogP contribution >= 0.6 is 0 Å². The minimum absolute atomic E-state index is 0.000245. The van der Waals surface area contributed by atoms with Gasteiger partial charge in [-0.15, -0.1) is 0 Å². The van der Waals surface area contributed by atoms with Crippen LogP contribution in [0.5, 0.6) is 5.75 Å². The molecule has 1 rings (SSSR count). The molecule has 0 aliphatic carbocycles. The highest BCUT2D eigenvalue weighted by Crippen LogP contribution is 2.22. The van der Waals surface area contributed by atoms with Crippen molar-refractivity contribution in [2.45, 2.75) is 26.7 Å². The molecule has 22 heavy (non-hydrogen) atoms. The van der Waals surface area contributed by atoms with Gasteiger partial charge in [0.1, 0.15) is 12.3 Å². The molecule has 0 saturated heterocycles. The topological polar surface area (TPSA) is 79.6 Å². The third-order valence-electron chi connectivity index (χ3n) is 2.82. The average Bonchev–Trinajstić information content (AvgIpc) is 2.51. The van der Waals surface area contributed by atoms with E-state index in [1.165, 1.54) is 4.90 Å². The van der Waals surface area contributed by atoms with E-state index in [4.69, 9.17) is 14.7 Å². The van der Waals surface area contributed by atoms with E-state index >= 15 is 0 Å². The van der Waals surface area contributed by atoms with Crippen LogP contribution in [0, 0.1) is 11.3 Å². The number of nitrogens with zero attached hydrogens (tertiary/aromatic N) is 2. The smallest absolute Gasteiger partial charge is 0.306 e. The number of benzene rings is 1. The van der Waals surface area contributed by atoms with Crippen LogP contribution in [0.15, 0.2) is 24.3 Å². The molecule has 0 spiro atoms. The Kier molecular flexibility index (Phi) is 7.48. The van der Waals surface area contributed by atoms with Gasteiger partial charge >= 0.3 is 5.97 Å². The number of nitriles is 1. The molecule has 0 heterocycles. The Morgan fingerprint density at radius 2 is 2.00 bits per heavy atom. The predicted octanol–water partition coefficient (Wildman–Crippen LogP) is 2.29. The van der Waals surface area contributed by atoms with E-state index in [-0.39, 0.29) is 31.9 Å². The molecule has 0 atom stereocenters. The highest BCUT2D eigenvalue weighted by Gasteiger charge is 2.17. The summed E-state index contributed by atoms with van der Waals surface area (Å²) in [6.45, 7) is 4.28. The molecule has 0 N–H and O–H groups in total. The first-order valence-electron chi connectivity index (χ1n) is 7.18. The van der Waals surface area contributed by atoms with Gasteiger partial charge in [-0.05, 0) is 26.0 Å². The van der Waals surface area contributed by atoms with Gasteiger partial charge in [-0.25, -0.2) is 0 Å². The number of amides is 1. The van der Waals surface area contributed by atoms with E-state index in [2.05, 4.69) is 0 Å². The SMILES string of the molecule is CCOC(=O)CCC(=O)N(CC#N)c1cccc(OCC)c1. The monoisotopic (exact) mass is 304 g/mol. The molecule has 0 fully saturated rings. The van der Waals surface area contributed by atoms with Gasteiger partial charge in [0.25, 0.3) is 0 Å². The second-order valence-corrected chi connectivity index (χ2v) is 4.37. The largest absolute Gasteiger partial charge is 0.494 e. The van der Waals surface area contributed by atoms with Crippen molar-refractivity contribution in [3.63, 3.8) is 0 Å². The Balaban J connectivity index is 2.79. The van der Waals surface area contributed by atoms with Crippen molar-refractivity contribution in [2.75, 3.05) is 24.7 Å². The van der Waals surface area contributed by atoms with Crippen LogP contribution < -0.4 is 9.64 Å². The van der Waals surface area contributed by atoms with Crippen molar-refractivity contribution < 1.29 is 19.1 Å². The maximum atomic E-state index is 12.2. The number of rotatable bonds is 8. The van der Waals surface area contributed by atoms with Crippen LogP contribution in [0.3, 0.4) is 0 Å². The normalized spacial score (nSPS) is 9.68. The van der Waals surface area contributed by atoms with Crippen molar-refractivity contribution in [2.24, 2.45) is 0 Å². The van der Waals surface area contributed by atoms with E-state index in [0.717, 1.165) is 0 Å². The van der Waals surface area contributed by atoms with E-state index in [0.29, 0.717) is 18.0 Å². The molecule has 0 aliphatic rings. The van der Waals surface area contributed by atoms with Gasteiger partial charge in [0.15, 0.2) is 0 Å². The van der Waals surface area contributed by atoms with E-state index in [1.807, 2.05) is 13.0 Å². The third-order valence-corrected chi connectivity index (χ3v) is 2.82. The molecule has 0 saturated carbocycles. The predicted molar refractivity (Wildman–Crippen MR) is 81.4 cm³/mol. The van der Waals surface area contributed by atoms with E-state index in [1.54, 1.807) is 31.2 Å². The fourth-order valence-electron chi connectivity index (χ4n) is 1.88. The molecule has 0 bridgehead atoms. The molecule has 0 aromatic heterocycles. The molecule has 118 valence electrons. The van der Waals surface area contributed by atoms with E-state index in [9.17, 15) is 9.59 Å². The third kappa shape index (κ3) is 5.44. The van der Waals surface area contributed by atoms with Crippen LogP contribution in [0.25, 0.3) is 0 Å². The maximum Gasteiger partial charge on any atom is 0.306 e. The van der Waals surface area contributed by atoms with Gasteiger partial charge in [0.2, 0.25) is 5.91 Å². The zero-order valence-electron chi connectivity index (χ0n) is 12.9. The minimum atomic E-state index is -0.421. The summed E-state index contributed by atoms with van der Waals surface area (Å²) < 4.78 is 10.2. The molecule has 1 amide bonds. The van der Waals surface area contributed by atoms with Crippen molar-refractivity contribution in [3.8, 4) is 11.8 Å². The fourth-order valence-corrected chi connectivity index (χ4v) is 1.88. The van der Waals surface area contributed by atoms with Gasteiger partial charge in [-0.3, -0.25) is 14.5 Å². The molecule has 6 heteroatoms. The number of carbonyl (C=O) groups is 2. The van der Waals surface area contributed by atoms with Gasteiger partial charge in [0.05, 0.1) is 25.7 Å². The molecule has 6 nitrogen and oxygen atoms in total. The second kappa shape index (κ2) is 9.40. The lowest BCUT2D eigenvalue weighted by atomic mass is 10.2. The zero-order valence-corrected chi connectivity index (χ0v) is 12.9. The van der Waals surface area contributed by atoms with Crippen molar-refractivity contribution >= 4 is 17.6 Å². The van der Waals surface area contributed by atoms with Gasteiger partial charge in [-0.1, -0.05) is 6.07 Å². The standard InChI is InChI=1S/C16H20N2O4/c1-3-21-14-7-5-6-13(12-14)18(11-10-17)15(19)8-9-16(20)22-4-2/h5-7,12H,3-4,8-9,11H2,1-2H3. The summed E-state index contributed by atoms with van der Waals surface area (Å²) >= 11 is 0. The quantitative estimate of drug-likeness (QED) is 0.544. The van der Waals surface area contributed by atoms with Crippen molar-refractivity contribution in [1.29, 1.82) is 5.26 Å². The maximum absolute atomic E-state index is 12.2. The average molecular weight is 304 g/mol. The summed E-state index contributed by atoms with van der Waals surface area (Å²) in [4.78, 5) is 24.9. The van der Waals surface area contributed by atoms with Crippen molar-refractivity contribution in [1.82, 2.24) is 0 Å². The minimum Gasteiger partial charge on any atom is -0.494 e. The van der Waals surface area contributed by atoms with Gasteiger partial charge < -0.3 is 9.47 Å². The molecular formula is C16H20N2O4. The van der Waals surface area contributed by atoms with Crippen LogP contribution in [-0.2, 0) is 14.3 Å². The van der Waals surface area contributed by atoms with Gasteiger partial charge in [0, 0.05) is 18.2 Å². The Hall–Kier alpha value is -2.55. The lowest BCUT2D eigenvalue weighted by molar-refractivity contribution is -0.144. The highest BCUT2D eigenvalue weighted by atomic mass is 16.5. The number of hydrogen-bond acceptors (Lipinski definition) is 5. The molecule has 1 aromatic rings. The number of hydrogen-bond donors (Lipinski definition) is 0. The summed E-state index contributed by atoms with van der Waals surface area (Å²) in [5.41, 5.74) is 0.571. The molecule has 1 aromatic carbocycles. The Morgan fingerprint density at radius 1 is 1.23 bits per heavy atom. The first kappa shape index (κ1) is 17.5. The summed E-state index contributed by atoms with van der Waals surface area (Å²) in [7, 11) is 0. The summed E-state index contributed by atoms with van der Waals surface area (Å²) in [6.07, 6.45) is -0.000865. The summed E-state index contributed by atoms with van der Waals surface area (Å²) in [6, 6.07) is 8.91. The highest BCUT2D eigenvalue weighted by molar-refractivity contribution is 5.95. The molecule has 0 radical (unpaired) electrons. The molecule has 0 unspecified atom stereocenters. The number of carbonyl (C=O) groups excluding carboxylic acids is 2. The second-order valence-electron chi connectivity index (χ2n) is 4.37. The van der Waals surface area contributed by atoms with Crippen LogP contribution in [0.4, 0.5) is 5.69 Å².